The summed E-state index contributed by atoms with van der Waals surface area (Å²) in [5.41, 5.74) is 1.99. The number of ether oxygens (including phenoxy) is 2. The lowest BCUT2D eigenvalue weighted by atomic mass is 10.1. The Labute approximate surface area is 270 Å². The van der Waals surface area contributed by atoms with Crippen LogP contribution in [0.4, 0.5) is 27.6 Å². The molecule has 7 nitrogen and oxygen atoms in total. The van der Waals surface area contributed by atoms with Crippen molar-refractivity contribution in [1.29, 1.82) is 0 Å². The molecule has 0 heterocycles. The third kappa shape index (κ3) is 8.03. The third-order valence-corrected chi connectivity index (χ3v) is 8.77. The number of carbonyl (C=O) groups is 2. The van der Waals surface area contributed by atoms with E-state index < -0.39 is 63.4 Å². The van der Waals surface area contributed by atoms with Crippen LogP contribution in [0.15, 0.2) is 83.8 Å². The number of esters is 1. The van der Waals surface area contributed by atoms with Gasteiger partial charge >= 0.3 is 5.97 Å². The standard InChI is InChI=1S/C34H29F5N2O5S/c1-40(47(44)33-31(38)29(36)28(35)30(37)32(33)39)18-27(42)41(17-21-12-13-21)24-14-15-25(34(43)46-20-23-10-6-3-7-11-23)26(16-24)45-19-22-8-4-2-5-9-22/h2-11,14-16,21H,12-13,17-20H2,1H3. The van der Waals surface area contributed by atoms with Gasteiger partial charge in [-0.2, -0.15) is 0 Å². The van der Waals surface area contributed by atoms with Crippen molar-refractivity contribution >= 4 is 28.5 Å². The zero-order chi connectivity index (χ0) is 33.7. The predicted molar refractivity (Wildman–Crippen MR) is 163 cm³/mol. The Balaban J connectivity index is 1.40. The first kappa shape index (κ1) is 33.7. The van der Waals surface area contributed by atoms with Gasteiger partial charge in [-0.25, -0.2) is 35.3 Å². The molecule has 0 aliphatic heterocycles. The van der Waals surface area contributed by atoms with Crippen LogP contribution in [-0.2, 0) is 33.7 Å². The van der Waals surface area contributed by atoms with Crippen LogP contribution >= 0.6 is 0 Å². The molecular weight excluding hydrogens is 643 g/mol. The van der Waals surface area contributed by atoms with Gasteiger partial charge in [-0.15, -0.1) is 0 Å². The molecule has 5 rings (SSSR count). The Morgan fingerprint density at radius 2 is 1.34 bits per heavy atom. The van der Waals surface area contributed by atoms with Crippen LogP contribution in [0.2, 0.25) is 0 Å². The van der Waals surface area contributed by atoms with Crippen LogP contribution < -0.4 is 9.64 Å². The molecule has 0 bridgehead atoms. The zero-order valence-corrected chi connectivity index (χ0v) is 25.9. The van der Waals surface area contributed by atoms with E-state index in [9.17, 15) is 35.8 Å². The van der Waals surface area contributed by atoms with Crippen LogP contribution in [-0.4, -0.2) is 40.5 Å². The van der Waals surface area contributed by atoms with Gasteiger partial charge in [0.1, 0.15) is 40.4 Å². The lowest BCUT2D eigenvalue weighted by Gasteiger charge is -2.26. The van der Waals surface area contributed by atoms with Crippen molar-refractivity contribution in [2.45, 2.75) is 31.0 Å². The summed E-state index contributed by atoms with van der Waals surface area (Å²) >= 11 is 0. The number of halogens is 5. The fourth-order valence-corrected chi connectivity index (χ4v) is 5.67. The van der Waals surface area contributed by atoms with E-state index in [1.165, 1.54) is 23.1 Å². The lowest BCUT2D eigenvalue weighted by molar-refractivity contribution is -0.118. The van der Waals surface area contributed by atoms with Crippen molar-refractivity contribution in [1.82, 2.24) is 4.31 Å². The Morgan fingerprint density at radius 3 is 1.91 bits per heavy atom. The summed E-state index contributed by atoms with van der Waals surface area (Å²) in [4.78, 5) is 26.6. The zero-order valence-electron chi connectivity index (χ0n) is 25.1. The summed E-state index contributed by atoms with van der Waals surface area (Å²) in [6, 6.07) is 22.7. The number of benzene rings is 4. The van der Waals surface area contributed by atoms with Crippen LogP contribution in [0.3, 0.4) is 0 Å². The molecule has 246 valence electrons. The Bertz CT molecular complexity index is 1760. The average molecular weight is 673 g/mol. The minimum atomic E-state index is -2.92. The number of hydrogen-bond acceptors (Lipinski definition) is 5. The maximum absolute atomic E-state index is 14.4. The largest absolute Gasteiger partial charge is 0.488 e. The van der Waals surface area contributed by atoms with Gasteiger partial charge in [-0.05, 0) is 42.0 Å². The molecule has 4 aromatic carbocycles. The Hall–Kier alpha value is -4.62. The quantitative estimate of drug-likeness (QED) is 0.0683. The summed E-state index contributed by atoms with van der Waals surface area (Å²) in [5.74, 6) is -12.4. The van der Waals surface area contributed by atoms with E-state index in [1.807, 2.05) is 48.5 Å². The molecule has 4 aromatic rings. The fraction of sp³-hybridized carbons (Fsp3) is 0.235. The molecule has 1 aliphatic carbocycles. The van der Waals surface area contributed by atoms with Crippen LogP contribution in [0.1, 0.15) is 34.3 Å². The maximum atomic E-state index is 14.4. The molecule has 1 saturated carbocycles. The highest BCUT2D eigenvalue weighted by Gasteiger charge is 2.33. The molecule has 0 saturated heterocycles. The first-order valence-electron chi connectivity index (χ1n) is 14.5. The van der Waals surface area contributed by atoms with Crippen molar-refractivity contribution in [3.05, 3.63) is 125 Å². The van der Waals surface area contributed by atoms with Gasteiger partial charge < -0.3 is 14.4 Å². The van der Waals surface area contributed by atoms with Crippen molar-refractivity contribution in [3.8, 4) is 5.75 Å². The number of likely N-dealkylation sites (N-methyl/N-ethyl adjacent to an activating group) is 1. The minimum absolute atomic E-state index is 0.0123. The Kier molecular flexibility index (Phi) is 10.7. The molecule has 1 atom stereocenters. The molecule has 1 unspecified atom stereocenters. The SMILES string of the molecule is CN(CC(=O)N(CC1CC1)c1ccc(C(=O)OCc2ccccc2)c(OCc2ccccc2)c1)S(=O)c1c(F)c(F)c(F)c(F)c1F. The van der Waals surface area contributed by atoms with Gasteiger partial charge in [-0.1, -0.05) is 60.7 Å². The average Bonchev–Trinajstić information content (AvgIpc) is 3.92. The second-order valence-electron chi connectivity index (χ2n) is 10.9. The van der Waals surface area contributed by atoms with E-state index in [4.69, 9.17) is 9.47 Å². The monoisotopic (exact) mass is 672 g/mol. The van der Waals surface area contributed by atoms with Crippen molar-refractivity contribution in [2.75, 3.05) is 25.0 Å². The molecule has 0 aromatic heterocycles. The van der Waals surface area contributed by atoms with E-state index in [1.54, 1.807) is 12.1 Å². The summed E-state index contributed by atoms with van der Waals surface area (Å²) in [6.07, 6.45) is 1.66. The van der Waals surface area contributed by atoms with Crippen molar-refractivity contribution in [2.24, 2.45) is 5.92 Å². The van der Waals surface area contributed by atoms with Gasteiger partial charge in [-0.3, -0.25) is 4.79 Å². The third-order valence-electron chi connectivity index (χ3n) is 7.37. The molecule has 0 N–H and O–H groups in total. The highest BCUT2D eigenvalue weighted by atomic mass is 32.2. The summed E-state index contributed by atoms with van der Waals surface area (Å²) in [5, 5.41) is 0. The number of amides is 1. The van der Waals surface area contributed by atoms with Crippen LogP contribution in [0, 0.1) is 35.0 Å². The van der Waals surface area contributed by atoms with Crippen LogP contribution in [0.25, 0.3) is 0 Å². The number of hydrogen-bond donors (Lipinski definition) is 0. The van der Waals surface area contributed by atoms with E-state index >= 15 is 0 Å². The van der Waals surface area contributed by atoms with Crippen LogP contribution in [0.5, 0.6) is 5.75 Å². The number of carbonyl (C=O) groups excluding carboxylic acids is 2. The molecule has 47 heavy (non-hydrogen) atoms. The number of rotatable bonds is 13. The first-order valence-corrected chi connectivity index (χ1v) is 15.6. The molecular formula is C34H29F5N2O5S. The van der Waals surface area contributed by atoms with Crippen molar-refractivity contribution in [3.63, 3.8) is 0 Å². The predicted octanol–water partition coefficient (Wildman–Crippen LogP) is 6.72. The molecule has 0 spiro atoms. The van der Waals surface area contributed by atoms with E-state index in [-0.39, 0.29) is 37.0 Å². The number of anilines is 1. The first-order chi connectivity index (χ1) is 22.5. The van der Waals surface area contributed by atoms with E-state index in [0.717, 1.165) is 31.0 Å². The Morgan fingerprint density at radius 1 is 0.787 bits per heavy atom. The second kappa shape index (κ2) is 14.9. The summed E-state index contributed by atoms with van der Waals surface area (Å²) < 4.78 is 95.0. The van der Waals surface area contributed by atoms with Gasteiger partial charge in [0.05, 0.1) is 6.54 Å². The van der Waals surface area contributed by atoms with Crippen molar-refractivity contribution < 1.29 is 45.2 Å². The summed E-state index contributed by atoms with van der Waals surface area (Å²) in [7, 11) is -1.87. The van der Waals surface area contributed by atoms with E-state index in [0.29, 0.717) is 9.99 Å². The molecule has 1 fully saturated rings. The normalized spacial score (nSPS) is 13.3. The van der Waals surface area contributed by atoms with Gasteiger partial charge in [0.2, 0.25) is 11.7 Å². The van der Waals surface area contributed by atoms with Gasteiger partial charge in [0, 0.05) is 25.3 Å². The smallest absolute Gasteiger partial charge is 0.342 e. The highest BCUT2D eigenvalue weighted by Crippen LogP contribution is 2.34. The number of nitrogens with zero attached hydrogens (tertiary/aromatic N) is 2. The topological polar surface area (TPSA) is 76.2 Å². The summed E-state index contributed by atoms with van der Waals surface area (Å²) in [6.45, 7) is -0.389. The highest BCUT2D eigenvalue weighted by molar-refractivity contribution is 7.82. The molecule has 1 aliphatic rings. The lowest BCUT2D eigenvalue weighted by Crippen LogP contribution is -2.41. The molecule has 0 radical (unpaired) electrons. The minimum Gasteiger partial charge on any atom is -0.488 e. The second-order valence-corrected chi connectivity index (χ2v) is 12.4. The molecule has 1 amide bonds. The van der Waals surface area contributed by atoms with E-state index in [2.05, 4.69) is 0 Å². The fourth-order valence-electron chi connectivity index (χ4n) is 4.64. The molecule has 13 heteroatoms. The van der Waals surface area contributed by atoms with Gasteiger partial charge in [0.25, 0.3) is 0 Å². The maximum Gasteiger partial charge on any atom is 0.342 e. The van der Waals surface area contributed by atoms with Gasteiger partial charge in [0.15, 0.2) is 23.3 Å².